The van der Waals surface area contributed by atoms with Crippen LogP contribution in [0.2, 0.25) is 0 Å². The van der Waals surface area contributed by atoms with E-state index < -0.39 is 30.1 Å². The number of alkyl halides is 7. The highest BCUT2D eigenvalue weighted by Gasteiger charge is 2.71. The third-order valence-electron chi connectivity index (χ3n) is 3.11. The average molecular weight is 372 g/mol. The highest BCUT2D eigenvalue weighted by molar-refractivity contribution is 5.89. The summed E-state index contributed by atoms with van der Waals surface area (Å²) in [5, 5.41) is 0. The largest absolute Gasteiger partial charge is 0.462 e. The molecule has 9 heteroatoms. The molecule has 0 spiro atoms. The summed E-state index contributed by atoms with van der Waals surface area (Å²) in [5.74, 6) is -12.0. The van der Waals surface area contributed by atoms with Gasteiger partial charge in [0, 0.05) is 0 Å². The summed E-state index contributed by atoms with van der Waals surface area (Å²) >= 11 is 0. The number of carbonyl (C=O) groups excluding carboxylic acids is 1. The van der Waals surface area contributed by atoms with E-state index in [1.165, 1.54) is 12.1 Å². The highest BCUT2D eigenvalue weighted by Crippen LogP contribution is 2.47. The molecule has 0 atom stereocenters. The summed E-state index contributed by atoms with van der Waals surface area (Å²) in [7, 11) is 0. The lowest BCUT2D eigenvalue weighted by Crippen LogP contribution is -2.50. The maximum atomic E-state index is 12.9. The first-order valence-electron chi connectivity index (χ1n) is 7.21. The molecule has 0 aliphatic carbocycles. The van der Waals surface area contributed by atoms with Crippen LogP contribution in [0.25, 0.3) is 0 Å². The zero-order valence-electron chi connectivity index (χ0n) is 12.8. The van der Waals surface area contributed by atoms with E-state index >= 15 is 0 Å². The average Bonchev–Trinajstić information content (AvgIpc) is 2.53. The van der Waals surface area contributed by atoms with Crippen molar-refractivity contribution in [3.63, 3.8) is 0 Å². The van der Waals surface area contributed by atoms with Crippen LogP contribution in [0.5, 0.6) is 0 Å². The van der Waals surface area contributed by atoms with Gasteiger partial charge >= 0.3 is 24.0 Å². The van der Waals surface area contributed by atoms with Crippen molar-refractivity contribution in [3.8, 4) is 0 Å². The van der Waals surface area contributed by atoms with Crippen molar-refractivity contribution >= 4 is 5.97 Å². The molecule has 0 aromatic heterocycles. The molecule has 0 aliphatic rings. The molecule has 1 rings (SSSR count). The first-order chi connectivity index (χ1) is 11.5. The molecule has 1 aromatic carbocycles. The number of rotatable bonds is 8. The van der Waals surface area contributed by atoms with Crippen LogP contribution in [0.3, 0.4) is 0 Å². The second kappa shape index (κ2) is 8.35. The van der Waals surface area contributed by atoms with E-state index in [-0.39, 0.29) is 25.9 Å². The monoisotopic (exact) mass is 372 g/mol. The number of carbonyl (C=O) groups is 1. The smallest absolute Gasteiger partial charge is 0.460 e. The van der Waals surface area contributed by atoms with Gasteiger partial charge in [0.15, 0.2) is 0 Å². The van der Waals surface area contributed by atoms with Crippen molar-refractivity contribution in [3.05, 3.63) is 48.0 Å². The van der Waals surface area contributed by atoms with E-state index in [0.717, 1.165) is 0 Å². The Bertz CT molecular complexity index is 580. The first-order valence-corrected chi connectivity index (χ1v) is 7.21. The second-order valence-electron chi connectivity index (χ2n) is 5.10. The molecule has 1 aromatic rings. The Morgan fingerprint density at radius 2 is 1.56 bits per heavy atom. The fraction of sp³-hybridized carbons (Fsp3) is 0.438. The van der Waals surface area contributed by atoms with Crippen LogP contribution in [0.1, 0.15) is 29.6 Å². The molecule has 0 N–H and O–H groups in total. The van der Waals surface area contributed by atoms with Crippen molar-refractivity contribution in [2.75, 3.05) is 6.61 Å². The van der Waals surface area contributed by atoms with Crippen LogP contribution in [-0.2, 0) is 4.74 Å². The Hall–Kier alpha value is -2.06. The van der Waals surface area contributed by atoms with Crippen LogP contribution >= 0.6 is 0 Å². The van der Waals surface area contributed by atoms with Crippen LogP contribution in [-0.4, -0.2) is 30.6 Å². The Kier molecular flexibility index (Phi) is 7.01. The number of hydrogen-bond donors (Lipinski definition) is 0. The van der Waals surface area contributed by atoms with E-state index in [2.05, 4.69) is 0 Å². The van der Waals surface area contributed by atoms with Crippen LogP contribution in [0.15, 0.2) is 42.5 Å². The lowest BCUT2D eigenvalue weighted by Gasteiger charge is -2.25. The van der Waals surface area contributed by atoms with Crippen molar-refractivity contribution in [2.45, 2.75) is 37.3 Å². The van der Waals surface area contributed by atoms with Gasteiger partial charge in [0.25, 0.3) is 0 Å². The van der Waals surface area contributed by atoms with Crippen LogP contribution < -0.4 is 0 Å². The molecule has 0 saturated heterocycles. The number of allylic oxidation sites excluding steroid dienone is 2. The molecule has 140 valence electrons. The van der Waals surface area contributed by atoms with E-state index in [4.69, 9.17) is 4.74 Å². The Labute approximate surface area is 139 Å². The first kappa shape index (κ1) is 21.0. The predicted molar refractivity (Wildman–Crippen MR) is 75.7 cm³/mol. The molecule has 0 bridgehead atoms. The number of unbranched alkanes of at least 4 members (excludes halogenated alkanes) is 2. The summed E-state index contributed by atoms with van der Waals surface area (Å²) < 4.78 is 91.7. The molecular formula is C16H15F7O2. The molecule has 0 saturated carbocycles. The minimum absolute atomic E-state index is 0.0311. The van der Waals surface area contributed by atoms with Gasteiger partial charge in [-0.05, 0) is 37.5 Å². The number of benzene rings is 1. The van der Waals surface area contributed by atoms with Gasteiger partial charge in [-0.15, -0.1) is 0 Å². The molecule has 25 heavy (non-hydrogen) atoms. The van der Waals surface area contributed by atoms with Gasteiger partial charge in [-0.3, -0.25) is 0 Å². The van der Waals surface area contributed by atoms with Gasteiger partial charge in [0.1, 0.15) is 0 Å². The third kappa shape index (κ3) is 5.75. The van der Waals surface area contributed by atoms with E-state index in [1.807, 2.05) is 0 Å². The summed E-state index contributed by atoms with van der Waals surface area (Å²) in [6.07, 6.45) is -5.98. The van der Waals surface area contributed by atoms with Gasteiger partial charge in [-0.2, -0.15) is 30.7 Å². The standard InChI is InChI=1S/C16H15F7O2/c17-14(18,15(19,20)16(21,22)23)10-6-1-2-7-11-25-13(24)12-8-4-3-5-9-12/h3-6,8-10H,1-2,7,11H2/b10-6+. The molecule has 0 amide bonds. The lowest BCUT2D eigenvalue weighted by molar-refractivity contribution is -0.341. The summed E-state index contributed by atoms with van der Waals surface area (Å²) in [6.45, 7) is -0.0311. The number of ether oxygens (including phenoxy) is 1. The zero-order valence-corrected chi connectivity index (χ0v) is 12.8. The van der Waals surface area contributed by atoms with Gasteiger partial charge in [0.05, 0.1) is 12.2 Å². The number of esters is 1. The summed E-state index contributed by atoms with van der Waals surface area (Å²) in [6, 6.07) is 8.06. The van der Waals surface area contributed by atoms with Crippen LogP contribution in [0.4, 0.5) is 30.7 Å². The molecule has 0 fully saturated rings. The van der Waals surface area contributed by atoms with Gasteiger partial charge < -0.3 is 4.74 Å². The Morgan fingerprint density at radius 3 is 2.12 bits per heavy atom. The fourth-order valence-corrected chi connectivity index (χ4v) is 1.71. The van der Waals surface area contributed by atoms with E-state index in [0.29, 0.717) is 11.6 Å². The van der Waals surface area contributed by atoms with Crippen LogP contribution in [0, 0.1) is 0 Å². The van der Waals surface area contributed by atoms with Gasteiger partial charge in [-0.1, -0.05) is 24.3 Å². The van der Waals surface area contributed by atoms with Crippen molar-refractivity contribution in [1.82, 2.24) is 0 Å². The summed E-state index contributed by atoms with van der Waals surface area (Å²) in [5.41, 5.74) is 0.330. The minimum Gasteiger partial charge on any atom is -0.462 e. The zero-order chi connectivity index (χ0) is 19.1. The SMILES string of the molecule is O=C(OCCCC/C=C/C(F)(F)C(F)(F)C(F)(F)F)c1ccccc1. The van der Waals surface area contributed by atoms with Gasteiger partial charge in [-0.25, -0.2) is 4.79 Å². The quantitative estimate of drug-likeness (QED) is 0.264. The van der Waals surface area contributed by atoms with Crippen molar-refractivity contribution in [1.29, 1.82) is 0 Å². The van der Waals surface area contributed by atoms with Crippen molar-refractivity contribution in [2.24, 2.45) is 0 Å². The summed E-state index contributed by atoms with van der Waals surface area (Å²) in [4.78, 5) is 11.5. The highest BCUT2D eigenvalue weighted by atomic mass is 19.4. The Balaban J connectivity index is 2.33. The van der Waals surface area contributed by atoms with E-state index in [1.54, 1.807) is 18.2 Å². The maximum absolute atomic E-state index is 12.9. The normalized spacial score (nSPS) is 13.2. The molecule has 0 heterocycles. The van der Waals surface area contributed by atoms with E-state index in [9.17, 15) is 35.5 Å². The topological polar surface area (TPSA) is 26.3 Å². The minimum atomic E-state index is -6.34. The maximum Gasteiger partial charge on any atom is 0.460 e. The van der Waals surface area contributed by atoms with Crippen molar-refractivity contribution < 1.29 is 40.3 Å². The molecule has 0 unspecified atom stereocenters. The second-order valence-corrected chi connectivity index (χ2v) is 5.10. The molecular weight excluding hydrogens is 357 g/mol. The third-order valence-corrected chi connectivity index (χ3v) is 3.11. The Morgan fingerprint density at radius 1 is 0.960 bits per heavy atom. The number of hydrogen-bond acceptors (Lipinski definition) is 2. The molecule has 2 nitrogen and oxygen atoms in total. The molecule has 0 aliphatic heterocycles. The number of halogens is 7. The molecule has 0 radical (unpaired) electrons. The lowest BCUT2D eigenvalue weighted by atomic mass is 10.1. The fourth-order valence-electron chi connectivity index (χ4n) is 1.71. The predicted octanol–water partition coefficient (Wildman–Crippen LogP) is 5.40. The van der Waals surface area contributed by atoms with Gasteiger partial charge in [0.2, 0.25) is 0 Å².